The van der Waals surface area contributed by atoms with E-state index in [1.54, 1.807) is 11.3 Å². The summed E-state index contributed by atoms with van der Waals surface area (Å²) in [7, 11) is 0. The lowest BCUT2D eigenvalue weighted by Crippen LogP contribution is -2.00. The van der Waals surface area contributed by atoms with E-state index in [1.807, 2.05) is 97.1 Å². The first-order valence-electron chi connectivity index (χ1n) is 16.1. The van der Waals surface area contributed by atoms with Gasteiger partial charge in [0.15, 0.2) is 23.3 Å². The predicted octanol–water partition coefficient (Wildman–Crippen LogP) is 11.0. The Morgan fingerprint density at radius 2 is 0.816 bits per heavy atom. The molecule has 0 fully saturated rings. The minimum absolute atomic E-state index is 0.649. The molecule has 0 unspecified atom stereocenters. The highest BCUT2D eigenvalue weighted by atomic mass is 32.1. The molecule has 0 bridgehead atoms. The number of benzene rings is 6. The molecule has 0 saturated carbocycles. The molecule has 0 saturated heterocycles. The van der Waals surface area contributed by atoms with Crippen LogP contribution in [0, 0.1) is 0 Å². The van der Waals surface area contributed by atoms with Crippen molar-refractivity contribution >= 4 is 31.5 Å². The molecule has 0 aliphatic rings. The summed E-state index contributed by atoms with van der Waals surface area (Å²) in [5.41, 5.74) is 7.72. The van der Waals surface area contributed by atoms with E-state index in [0.29, 0.717) is 23.3 Å². The Morgan fingerprint density at radius 3 is 1.39 bits per heavy atom. The lowest BCUT2D eigenvalue weighted by molar-refractivity contribution is 1.08. The van der Waals surface area contributed by atoms with Gasteiger partial charge in [-0.3, -0.25) is 0 Å². The molecule has 230 valence electrons. The summed E-state index contributed by atoms with van der Waals surface area (Å²) in [6.45, 7) is 0. The molecule has 0 spiro atoms. The monoisotopic (exact) mass is 645 g/mol. The molecule has 5 nitrogen and oxygen atoms in total. The van der Waals surface area contributed by atoms with Crippen molar-refractivity contribution in [3.63, 3.8) is 0 Å². The quantitative estimate of drug-likeness (QED) is 0.180. The van der Waals surface area contributed by atoms with Crippen molar-refractivity contribution in [2.24, 2.45) is 0 Å². The maximum Gasteiger partial charge on any atom is 0.164 e. The smallest absolute Gasteiger partial charge is 0.164 e. The Kier molecular flexibility index (Phi) is 7.26. The number of rotatable bonds is 6. The summed E-state index contributed by atoms with van der Waals surface area (Å²) in [5.74, 6) is 2.65. The zero-order valence-electron chi connectivity index (χ0n) is 26.2. The molecule has 9 rings (SSSR count). The minimum Gasteiger partial charge on any atom is -0.228 e. The second kappa shape index (κ2) is 12.3. The zero-order valence-corrected chi connectivity index (χ0v) is 27.0. The lowest BCUT2D eigenvalue weighted by Gasteiger charge is -2.10. The summed E-state index contributed by atoms with van der Waals surface area (Å²) in [6.07, 6.45) is 0. The minimum atomic E-state index is 0.649. The van der Waals surface area contributed by atoms with Crippen molar-refractivity contribution in [3.05, 3.63) is 164 Å². The summed E-state index contributed by atoms with van der Waals surface area (Å²) in [6, 6.07) is 55.7. The number of fused-ring (bicyclic) bond motifs is 3. The molecule has 0 aliphatic carbocycles. The number of thiophene rings is 1. The van der Waals surface area contributed by atoms with Crippen LogP contribution in [-0.2, 0) is 0 Å². The van der Waals surface area contributed by atoms with Crippen molar-refractivity contribution < 1.29 is 0 Å². The highest BCUT2D eigenvalue weighted by Gasteiger charge is 2.18. The van der Waals surface area contributed by atoms with Gasteiger partial charge in [-0.25, -0.2) is 24.9 Å². The van der Waals surface area contributed by atoms with Crippen molar-refractivity contribution in [3.8, 4) is 68.1 Å². The first-order valence-corrected chi connectivity index (χ1v) is 16.9. The van der Waals surface area contributed by atoms with Gasteiger partial charge in [0.1, 0.15) is 0 Å². The van der Waals surface area contributed by atoms with Gasteiger partial charge in [-0.2, -0.15) is 0 Å². The average Bonchev–Trinajstić information content (AvgIpc) is 3.57. The number of hydrogen-bond donors (Lipinski definition) is 0. The maximum atomic E-state index is 5.07. The van der Waals surface area contributed by atoms with Gasteiger partial charge in [0.05, 0.1) is 11.4 Å². The van der Waals surface area contributed by atoms with Gasteiger partial charge in [0.2, 0.25) is 0 Å². The van der Waals surface area contributed by atoms with Gasteiger partial charge in [-0.15, -0.1) is 11.3 Å². The number of nitrogens with zero attached hydrogens (tertiary/aromatic N) is 5. The second-order valence-electron chi connectivity index (χ2n) is 11.7. The second-order valence-corrected chi connectivity index (χ2v) is 12.8. The van der Waals surface area contributed by atoms with Gasteiger partial charge >= 0.3 is 0 Å². The molecule has 49 heavy (non-hydrogen) atoms. The highest BCUT2D eigenvalue weighted by molar-refractivity contribution is 7.26. The Balaban J connectivity index is 1.20. The molecule has 0 aliphatic heterocycles. The largest absolute Gasteiger partial charge is 0.228 e. The molecular formula is C43H27N5S. The van der Waals surface area contributed by atoms with Crippen molar-refractivity contribution in [1.82, 2.24) is 24.9 Å². The van der Waals surface area contributed by atoms with E-state index in [2.05, 4.69) is 66.7 Å². The van der Waals surface area contributed by atoms with Crippen LogP contribution in [0.2, 0.25) is 0 Å². The Hall–Kier alpha value is -6.37. The lowest BCUT2D eigenvalue weighted by atomic mass is 10.0. The number of aromatic nitrogens is 5. The molecule has 6 heteroatoms. The molecule has 0 radical (unpaired) electrons. The Morgan fingerprint density at radius 1 is 0.327 bits per heavy atom. The van der Waals surface area contributed by atoms with Gasteiger partial charge < -0.3 is 0 Å². The van der Waals surface area contributed by atoms with Gasteiger partial charge in [-0.05, 0) is 18.2 Å². The van der Waals surface area contributed by atoms with Crippen LogP contribution in [0.15, 0.2) is 164 Å². The third-order valence-electron chi connectivity index (χ3n) is 8.56. The van der Waals surface area contributed by atoms with Crippen molar-refractivity contribution in [2.75, 3.05) is 0 Å². The molecule has 6 aromatic carbocycles. The van der Waals surface area contributed by atoms with Gasteiger partial charge in [0, 0.05) is 53.6 Å². The van der Waals surface area contributed by atoms with Crippen LogP contribution in [-0.4, -0.2) is 24.9 Å². The van der Waals surface area contributed by atoms with Gasteiger partial charge in [-0.1, -0.05) is 146 Å². The van der Waals surface area contributed by atoms with Crippen LogP contribution in [0.5, 0.6) is 0 Å². The molecular weight excluding hydrogens is 619 g/mol. The third kappa shape index (κ3) is 5.54. The van der Waals surface area contributed by atoms with Crippen LogP contribution in [0.25, 0.3) is 88.2 Å². The fraction of sp³-hybridized carbons (Fsp3) is 0. The average molecular weight is 646 g/mol. The van der Waals surface area contributed by atoms with E-state index in [-0.39, 0.29) is 0 Å². The SMILES string of the molecule is c1ccc(-c2cc(-c3ccc4c(c3)sc3cccc(-c5nc(-c6ccccc6)nc(-c6ccccc6)n5)c34)nc(-c3ccccc3)n2)cc1. The van der Waals surface area contributed by atoms with Crippen LogP contribution in [0.4, 0.5) is 0 Å². The molecule has 3 heterocycles. The summed E-state index contributed by atoms with van der Waals surface area (Å²) >= 11 is 1.77. The fourth-order valence-corrected chi connectivity index (χ4v) is 7.34. The topological polar surface area (TPSA) is 64.5 Å². The Labute approximate surface area is 287 Å². The van der Waals surface area contributed by atoms with E-state index in [4.69, 9.17) is 24.9 Å². The molecule has 0 atom stereocenters. The van der Waals surface area contributed by atoms with Crippen LogP contribution < -0.4 is 0 Å². The van der Waals surface area contributed by atoms with E-state index in [9.17, 15) is 0 Å². The Bertz CT molecular complexity index is 2470. The molecule has 9 aromatic rings. The zero-order chi connectivity index (χ0) is 32.6. The first kappa shape index (κ1) is 28.8. The van der Waals surface area contributed by atoms with Crippen LogP contribution in [0.1, 0.15) is 0 Å². The van der Waals surface area contributed by atoms with Crippen molar-refractivity contribution in [1.29, 1.82) is 0 Å². The third-order valence-corrected chi connectivity index (χ3v) is 9.68. The first-order chi connectivity index (χ1) is 24.3. The van der Waals surface area contributed by atoms with Crippen LogP contribution >= 0.6 is 11.3 Å². The predicted molar refractivity (Wildman–Crippen MR) is 201 cm³/mol. The maximum absolute atomic E-state index is 5.07. The van der Waals surface area contributed by atoms with Gasteiger partial charge in [0.25, 0.3) is 0 Å². The standard InChI is InChI=1S/C43H27N5S/c1-5-14-28(15-6-1)35-27-36(45-40(44-35)29-16-7-2-8-17-29)32-24-25-33-38(26-32)49-37-23-13-22-34(39(33)37)43-47-41(30-18-9-3-10-19-30)46-42(48-43)31-20-11-4-12-21-31/h1-27H. The van der Waals surface area contributed by atoms with E-state index in [0.717, 1.165) is 55.5 Å². The number of hydrogen-bond acceptors (Lipinski definition) is 6. The summed E-state index contributed by atoms with van der Waals surface area (Å²) < 4.78 is 2.34. The summed E-state index contributed by atoms with van der Waals surface area (Å²) in [5, 5.41) is 2.29. The van der Waals surface area contributed by atoms with Crippen LogP contribution in [0.3, 0.4) is 0 Å². The highest BCUT2D eigenvalue weighted by Crippen LogP contribution is 2.41. The molecule has 0 amide bonds. The van der Waals surface area contributed by atoms with Crippen molar-refractivity contribution in [2.45, 2.75) is 0 Å². The summed E-state index contributed by atoms with van der Waals surface area (Å²) in [4.78, 5) is 25.0. The molecule has 0 N–H and O–H groups in total. The van der Waals surface area contributed by atoms with E-state index in [1.165, 1.54) is 9.40 Å². The molecule has 3 aromatic heterocycles. The van der Waals surface area contributed by atoms with E-state index < -0.39 is 0 Å². The fourth-order valence-electron chi connectivity index (χ4n) is 6.17. The van der Waals surface area contributed by atoms with E-state index >= 15 is 0 Å². The normalized spacial score (nSPS) is 11.3.